The van der Waals surface area contributed by atoms with Crippen molar-refractivity contribution in [1.82, 2.24) is 14.6 Å². The van der Waals surface area contributed by atoms with Crippen LogP contribution in [0.4, 0.5) is 0 Å². The number of thiophene rings is 1. The lowest BCUT2D eigenvalue weighted by atomic mass is 9.96. The Morgan fingerprint density at radius 3 is 2.20 bits per heavy atom. The minimum atomic E-state index is 1.01. The van der Waals surface area contributed by atoms with Gasteiger partial charge in [0.05, 0.1) is 22.2 Å². The molecular weight excluding hydrogens is 506 g/mol. The second-order valence-corrected chi connectivity index (χ2v) is 11.3. The molecule has 9 rings (SSSR count). The van der Waals surface area contributed by atoms with Crippen LogP contribution in [0.5, 0.6) is 0 Å². The zero-order valence-corrected chi connectivity index (χ0v) is 22.2. The third-order valence-corrected chi connectivity index (χ3v) is 9.21. The number of pyridine rings is 2. The van der Waals surface area contributed by atoms with Crippen molar-refractivity contribution in [3.8, 4) is 22.4 Å². The summed E-state index contributed by atoms with van der Waals surface area (Å²) in [7, 11) is 0. The Labute approximate surface area is 233 Å². The van der Waals surface area contributed by atoms with E-state index >= 15 is 0 Å². The first-order valence-corrected chi connectivity index (χ1v) is 14.2. The first kappa shape index (κ1) is 21.8. The van der Waals surface area contributed by atoms with Crippen LogP contribution in [-0.4, -0.2) is 14.6 Å². The quantitative estimate of drug-likeness (QED) is 0.209. The van der Waals surface area contributed by atoms with E-state index in [0.717, 1.165) is 38.9 Å². The Morgan fingerprint density at radius 1 is 0.525 bits per heavy atom. The van der Waals surface area contributed by atoms with Gasteiger partial charge in [0.15, 0.2) is 0 Å². The maximum absolute atomic E-state index is 5.23. The molecule has 4 heteroatoms. The van der Waals surface area contributed by atoms with Gasteiger partial charge in [-0.1, -0.05) is 91.0 Å². The normalized spacial score (nSPS) is 12.0. The van der Waals surface area contributed by atoms with Crippen LogP contribution in [0.1, 0.15) is 0 Å². The van der Waals surface area contributed by atoms with Gasteiger partial charge in [-0.25, -0.2) is 9.50 Å². The highest BCUT2D eigenvalue weighted by molar-refractivity contribution is 7.26. The van der Waals surface area contributed by atoms with Crippen LogP contribution in [0.3, 0.4) is 0 Å². The van der Waals surface area contributed by atoms with Crippen molar-refractivity contribution in [2.24, 2.45) is 0 Å². The van der Waals surface area contributed by atoms with E-state index in [-0.39, 0.29) is 0 Å². The SMILES string of the molecule is c1cc(-c2ccc3c4ccccc4nn3c2)cc(-c2nc3ccccc3c3c2ccc2c4ccccc4sc23)c1. The lowest BCUT2D eigenvalue weighted by molar-refractivity contribution is 0.983. The van der Waals surface area contributed by atoms with Gasteiger partial charge >= 0.3 is 0 Å². The second-order valence-electron chi connectivity index (χ2n) is 10.3. The molecule has 0 aliphatic carbocycles. The largest absolute Gasteiger partial charge is 0.247 e. The van der Waals surface area contributed by atoms with E-state index in [1.807, 2.05) is 21.9 Å². The molecule has 0 saturated carbocycles. The summed E-state index contributed by atoms with van der Waals surface area (Å²) in [6.45, 7) is 0. The molecule has 186 valence electrons. The van der Waals surface area contributed by atoms with Crippen molar-refractivity contribution < 1.29 is 0 Å². The molecular formula is C36H21N3S. The molecule has 5 aromatic carbocycles. The monoisotopic (exact) mass is 527 g/mol. The molecule has 0 bridgehead atoms. The van der Waals surface area contributed by atoms with E-state index in [1.165, 1.54) is 41.7 Å². The van der Waals surface area contributed by atoms with Crippen molar-refractivity contribution in [1.29, 1.82) is 0 Å². The Kier molecular flexibility index (Phi) is 4.48. The molecule has 0 aliphatic heterocycles. The Bertz CT molecular complexity index is 2450. The van der Waals surface area contributed by atoms with E-state index in [2.05, 4.69) is 121 Å². The van der Waals surface area contributed by atoms with E-state index in [0.29, 0.717) is 0 Å². The summed E-state index contributed by atoms with van der Waals surface area (Å²) in [5.74, 6) is 0. The van der Waals surface area contributed by atoms with Gasteiger partial charge in [-0.3, -0.25) is 0 Å². The summed E-state index contributed by atoms with van der Waals surface area (Å²) in [5.41, 5.74) is 7.53. The van der Waals surface area contributed by atoms with Crippen LogP contribution in [0.2, 0.25) is 0 Å². The molecule has 4 aromatic heterocycles. The highest BCUT2D eigenvalue weighted by Crippen LogP contribution is 2.43. The fraction of sp³-hybridized carbons (Fsp3) is 0. The molecule has 0 aliphatic rings. The molecule has 0 spiro atoms. The number of nitrogens with zero attached hydrogens (tertiary/aromatic N) is 3. The maximum Gasteiger partial charge on any atom is 0.0933 e. The second kappa shape index (κ2) is 8.22. The summed E-state index contributed by atoms with van der Waals surface area (Å²) in [6.07, 6.45) is 2.13. The Balaban J connectivity index is 1.29. The number of fused-ring (bicyclic) bond motifs is 10. The summed E-state index contributed by atoms with van der Waals surface area (Å²) in [4.78, 5) is 5.23. The lowest BCUT2D eigenvalue weighted by Crippen LogP contribution is -1.91. The molecule has 0 atom stereocenters. The van der Waals surface area contributed by atoms with E-state index in [1.54, 1.807) is 0 Å². The van der Waals surface area contributed by atoms with Crippen LogP contribution < -0.4 is 0 Å². The van der Waals surface area contributed by atoms with Crippen LogP contribution >= 0.6 is 11.3 Å². The lowest BCUT2D eigenvalue weighted by Gasteiger charge is -2.12. The highest BCUT2D eigenvalue weighted by Gasteiger charge is 2.16. The number of hydrogen-bond donors (Lipinski definition) is 0. The maximum atomic E-state index is 5.23. The smallest absolute Gasteiger partial charge is 0.0933 e. The molecule has 0 fully saturated rings. The van der Waals surface area contributed by atoms with Crippen molar-refractivity contribution >= 4 is 69.6 Å². The topological polar surface area (TPSA) is 30.2 Å². The zero-order chi connectivity index (χ0) is 26.2. The number of rotatable bonds is 2. The third kappa shape index (κ3) is 3.11. The predicted octanol–water partition coefficient (Wildman–Crippen LogP) is 9.89. The van der Waals surface area contributed by atoms with Crippen LogP contribution in [0, 0.1) is 0 Å². The standard InChI is InChI=1S/C36H21N3S/c1-5-14-31-27(11-1)32-19-16-24(21-39(32)38-31)22-8-7-9-23(20-22)35-29-18-17-26-25-10-3-6-15-33(25)40-36(26)34(29)28-12-2-4-13-30(28)37-35/h1-21H. The predicted molar refractivity (Wildman–Crippen MR) is 169 cm³/mol. The fourth-order valence-electron chi connectivity index (χ4n) is 6.13. The van der Waals surface area contributed by atoms with Crippen LogP contribution in [-0.2, 0) is 0 Å². The summed E-state index contributed by atoms with van der Waals surface area (Å²) >= 11 is 1.88. The molecule has 40 heavy (non-hydrogen) atoms. The average Bonchev–Trinajstić information content (AvgIpc) is 3.58. The van der Waals surface area contributed by atoms with Gasteiger partial charge in [0.25, 0.3) is 0 Å². The minimum absolute atomic E-state index is 1.01. The molecule has 3 nitrogen and oxygen atoms in total. The molecule has 0 radical (unpaired) electrons. The van der Waals surface area contributed by atoms with Gasteiger partial charge in [0, 0.05) is 59.0 Å². The number of hydrogen-bond acceptors (Lipinski definition) is 3. The van der Waals surface area contributed by atoms with Gasteiger partial charge in [-0.05, 0) is 35.9 Å². The number of aromatic nitrogens is 3. The van der Waals surface area contributed by atoms with Gasteiger partial charge in [-0.2, -0.15) is 5.10 Å². The first-order valence-electron chi connectivity index (χ1n) is 13.4. The zero-order valence-electron chi connectivity index (χ0n) is 21.4. The van der Waals surface area contributed by atoms with Crippen molar-refractivity contribution in [2.45, 2.75) is 0 Å². The van der Waals surface area contributed by atoms with E-state index in [9.17, 15) is 0 Å². The molecule has 9 aromatic rings. The van der Waals surface area contributed by atoms with Crippen molar-refractivity contribution in [2.75, 3.05) is 0 Å². The van der Waals surface area contributed by atoms with Gasteiger partial charge in [0.1, 0.15) is 0 Å². The Morgan fingerprint density at radius 2 is 1.27 bits per heavy atom. The fourth-order valence-corrected chi connectivity index (χ4v) is 7.40. The molecule has 0 amide bonds. The molecule has 0 unspecified atom stereocenters. The van der Waals surface area contributed by atoms with Gasteiger partial charge < -0.3 is 0 Å². The third-order valence-electron chi connectivity index (χ3n) is 8.00. The molecule has 0 N–H and O–H groups in total. The van der Waals surface area contributed by atoms with E-state index < -0.39 is 0 Å². The number of benzene rings is 5. The van der Waals surface area contributed by atoms with Crippen LogP contribution in [0.25, 0.3) is 80.7 Å². The molecule has 0 saturated heterocycles. The van der Waals surface area contributed by atoms with Gasteiger partial charge in [-0.15, -0.1) is 11.3 Å². The summed E-state index contributed by atoms with van der Waals surface area (Å²) in [6, 6.07) is 43.2. The first-order chi connectivity index (χ1) is 19.8. The van der Waals surface area contributed by atoms with Crippen molar-refractivity contribution in [3.63, 3.8) is 0 Å². The van der Waals surface area contributed by atoms with E-state index in [4.69, 9.17) is 10.1 Å². The van der Waals surface area contributed by atoms with Gasteiger partial charge in [0.2, 0.25) is 0 Å². The van der Waals surface area contributed by atoms with Crippen molar-refractivity contribution in [3.05, 3.63) is 128 Å². The summed E-state index contributed by atoms with van der Waals surface area (Å²) < 4.78 is 4.64. The van der Waals surface area contributed by atoms with Crippen LogP contribution in [0.15, 0.2) is 128 Å². The number of para-hydroxylation sites is 1. The Hall–Kier alpha value is -5.06. The molecule has 4 heterocycles. The summed E-state index contributed by atoms with van der Waals surface area (Å²) in [5, 5.41) is 12.3. The average molecular weight is 528 g/mol. The minimum Gasteiger partial charge on any atom is -0.247 e. The highest BCUT2D eigenvalue weighted by atomic mass is 32.1.